The summed E-state index contributed by atoms with van der Waals surface area (Å²) < 4.78 is 4.97. The summed E-state index contributed by atoms with van der Waals surface area (Å²) in [6.45, 7) is 1.86. The summed E-state index contributed by atoms with van der Waals surface area (Å²) in [6.07, 6.45) is 0.0985. The fourth-order valence-electron chi connectivity index (χ4n) is 2.72. The van der Waals surface area contributed by atoms with E-state index < -0.39 is 12.0 Å². The van der Waals surface area contributed by atoms with Crippen LogP contribution in [0, 0.1) is 0 Å². The molecule has 0 aliphatic heterocycles. The van der Waals surface area contributed by atoms with Crippen LogP contribution in [-0.2, 0) is 16.0 Å². The first kappa shape index (κ1) is 20.1. The molecule has 29 heavy (non-hydrogen) atoms. The van der Waals surface area contributed by atoms with Gasteiger partial charge in [0.2, 0.25) is 11.8 Å². The van der Waals surface area contributed by atoms with Crippen molar-refractivity contribution < 1.29 is 24.0 Å². The predicted molar refractivity (Wildman–Crippen MR) is 102 cm³/mol. The van der Waals surface area contributed by atoms with Crippen molar-refractivity contribution in [3.05, 3.63) is 47.7 Å². The number of nitrogens with zero attached hydrogens (tertiary/aromatic N) is 2. The molecule has 0 aliphatic rings. The molecular weight excluding hydrogens is 378 g/mol. The second-order valence-electron chi connectivity index (χ2n) is 6.51. The van der Waals surface area contributed by atoms with Crippen LogP contribution in [0.25, 0.3) is 10.9 Å². The van der Waals surface area contributed by atoms with Crippen LogP contribution in [0.1, 0.15) is 48.0 Å². The molecule has 0 saturated heterocycles. The zero-order chi connectivity index (χ0) is 20.8. The van der Waals surface area contributed by atoms with E-state index in [1.807, 2.05) is 24.3 Å². The van der Waals surface area contributed by atoms with Gasteiger partial charge in [-0.2, -0.15) is 4.98 Å². The minimum atomic E-state index is -0.958. The molecule has 2 amide bonds. The maximum absolute atomic E-state index is 12.2. The van der Waals surface area contributed by atoms with Crippen molar-refractivity contribution in [3.8, 4) is 0 Å². The molecule has 0 unspecified atom stereocenters. The molecule has 3 aromatic rings. The van der Waals surface area contributed by atoms with E-state index in [2.05, 4.69) is 25.8 Å². The van der Waals surface area contributed by atoms with Gasteiger partial charge in [-0.25, -0.2) is 0 Å². The summed E-state index contributed by atoms with van der Waals surface area (Å²) in [5, 5.41) is 18.8. The van der Waals surface area contributed by atoms with Crippen molar-refractivity contribution >= 4 is 28.7 Å². The van der Waals surface area contributed by atoms with E-state index in [4.69, 9.17) is 9.63 Å². The summed E-state index contributed by atoms with van der Waals surface area (Å²) in [4.78, 5) is 41.9. The van der Waals surface area contributed by atoms with Crippen LogP contribution in [-0.4, -0.2) is 44.6 Å². The third kappa shape index (κ3) is 5.41. The molecule has 2 aromatic heterocycles. The molecule has 10 nitrogen and oxygen atoms in total. The smallest absolute Gasteiger partial charge is 0.303 e. The Labute approximate surface area is 165 Å². The van der Waals surface area contributed by atoms with E-state index >= 15 is 0 Å². The normalized spacial score (nSPS) is 11.9. The second kappa shape index (κ2) is 9.00. The summed E-state index contributed by atoms with van der Waals surface area (Å²) in [7, 11) is 0. The zero-order valence-corrected chi connectivity index (χ0v) is 15.8. The minimum absolute atomic E-state index is 0.0834. The summed E-state index contributed by atoms with van der Waals surface area (Å²) in [6, 6.07) is 8.81. The number of carboxylic acid groups (broad SMARTS) is 1. The first-order valence-electron chi connectivity index (χ1n) is 9.12. The van der Waals surface area contributed by atoms with E-state index in [-0.39, 0.29) is 49.3 Å². The van der Waals surface area contributed by atoms with Gasteiger partial charge < -0.3 is 25.2 Å². The van der Waals surface area contributed by atoms with Gasteiger partial charge in [0.1, 0.15) is 5.69 Å². The average molecular weight is 399 g/mol. The molecule has 10 heteroatoms. The Morgan fingerprint density at radius 1 is 1.24 bits per heavy atom. The highest BCUT2D eigenvalue weighted by atomic mass is 16.5. The number of carboxylic acids is 1. The molecule has 4 N–H and O–H groups in total. The third-order valence-corrected chi connectivity index (χ3v) is 4.21. The molecule has 0 spiro atoms. The average Bonchev–Trinajstić information content (AvgIpc) is 3.33. The molecule has 0 bridgehead atoms. The lowest BCUT2D eigenvalue weighted by molar-refractivity contribution is -0.137. The van der Waals surface area contributed by atoms with Gasteiger partial charge in [-0.15, -0.1) is 0 Å². The van der Waals surface area contributed by atoms with Gasteiger partial charge in [0, 0.05) is 30.3 Å². The van der Waals surface area contributed by atoms with Crippen LogP contribution < -0.4 is 10.6 Å². The van der Waals surface area contributed by atoms with Gasteiger partial charge in [-0.3, -0.25) is 14.4 Å². The molecule has 0 fully saturated rings. The number of aliphatic carboxylic acids is 1. The van der Waals surface area contributed by atoms with Gasteiger partial charge in [0.15, 0.2) is 5.82 Å². The number of amides is 2. The fraction of sp³-hybridized carbons (Fsp3) is 0.316. The minimum Gasteiger partial charge on any atom is -0.481 e. The topological polar surface area (TPSA) is 150 Å². The Hall–Kier alpha value is -3.69. The van der Waals surface area contributed by atoms with Crippen LogP contribution in [0.4, 0.5) is 0 Å². The number of carbonyl (C=O) groups is 3. The molecule has 0 aliphatic carbocycles. The van der Waals surface area contributed by atoms with Crippen molar-refractivity contribution in [2.24, 2.45) is 0 Å². The Bertz CT molecular complexity index is 992. The monoisotopic (exact) mass is 399 g/mol. The summed E-state index contributed by atoms with van der Waals surface area (Å²) in [5.74, 6) is -1.06. The maximum atomic E-state index is 12.2. The first-order chi connectivity index (χ1) is 13.9. The number of hydrogen-bond acceptors (Lipinski definition) is 6. The van der Waals surface area contributed by atoms with E-state index in [9.17, 15) is 14.4 Å². The van der Waals surface area contributed by atoms with Gasteiger partial charge in [0.25, 0.3) is 5.91 Å². The lowest BCUT2D eigenvalue weighted by atomic mass is 10.2. The molecule has 2 heterocycles. The standard InChI is InChI=1S/C19H21N5O5/c1-11(18-23-16(29-24-18)6-7-17(26)27)21-15(25)8-9-20-19(28)14-10-12-4-2-3-5-13(12)22-14/h2-5,10-11,22H,6-9H2,1H3,(H,20,28)(H,21,25)(H,26,27)/t11-/m0/s1. The number of nitrogens with one attached hydrogen (secondary N) is 3. The largest absolute Gasteiger partial charge is 0.481 e. The van der Waals surface area contributed by atoms with Crippen LogP contribution >= 0.6 is 0 Å². The van der Waals surface area contributed by atoms with E-state index in [1.54, 1.807) is 13.0 Å². The van der Waals surface area contributed by atoms with Crippen molar-refractivity contribution in [2.75, 3.05) is 6.54 Å². The Morgan fingerprint density at radius 3 is 2.79 bits per heavy atom. The first-order valence-corrected chi connectivity index (χ1v) is 9.12. The lowest BCUT2D eigenvalue weighted by Gasteiger charge is -2.10. The summed E-state index contributed by atoms with van der Waals surface area (Å²) in [5.41, 5.74) is 1.30. The Balaban J connectivity index is 1.43. The van der Waals surface area contributed by atoms with Crippen LogP contribution in [0.15, 0.2) is 34.9 Å². The quantitative estimate of drug-likeness (QED) is 0.426. The molecule has 0 radical (unpaired) electrons. The maximum Gasteiger partial charge on any atom is 0.303 e. The molecule has 3 rings (SSSR count). The lowest BCUT2D eigenvalue weighted by Crippen LogP contribution is -2.32. The van der Waals surface area contributed by atoms with Crippen molar-refractivity contribution in [2.45, 2.75) is 32.2 Å². The molecular formula is C19H21N5O5. The number of rotatable bonds is 9. The highest BCUT2D eigenvalue weighted by Crippen LogP contribution is 2.14. The number of aromatic amines is 1. The number of carbonyl (C=O) groups excluding carboxylic acids is 2. The predicted octanol–water partition coefficient (Wildman–Crippen LogP) is 1.57. The SMILES string of the molecule is C[C@H](NC(=O)CCNC(=O)c1cc2ccccc2[nH]1)c1noc(CCC(=O)O)n1. The second-order valence-corrected chi connectivity index (χ2v) is 6.51. The van der Waals surface area contributed by atoms with Gasteiger partial charge in [0.05, 0.1) is 12.5 Å². The van der Waals surface area contributed by atoms with Crippen molar-refractivity contribution in [1.29, 1.82) is 0 Å². The number of aryl methyl sites for hydroxylation is 1. The number of fused-ring (bicyclic) bond motifs is 1. The summed E-state index contributed by atoms with van der Waals surface area (Å²) >= 11 is 0. The van der Waals surface area contributed by atoms with Crippen molar-refractivity contribution in [3.63, 3.8) is 0 Å². The number of benzene rings is 1. The van der Waals surface area contributed by atoms with E-state index in [1.165, 1.54) is 0 Å². The Morgan fingerprint density at radius 2 is 2.03 bits per heavy atom. The number of H-pyrrole nitrogens is 1. The number of aromatic nitrogens is 3. The molecule has 0 saturated carbocycles. The van der Waals surface area contributed by atoms with Gasteiger partial charge in [-0.1, -0.05) is 23.4 Å². The fourth-order valence-corrected chi connectivity index (χ4v) is 2.72. The van der Waals surface area contributed by atoms with E-state index in [0.29, 0.717) is 5.69 Å². The van der Waals surface area contributed by atoms with Crippen LogP contribution in [0.5, 0.6) is 0 Å². The molecule has 1 atom stereocenters. The number of hydrogen-bond donors (Lipinski definition) is 4. The Kier molecular flexibility index (Phi) is 6.22. The van der Waals surface area contributed by atoms with Gasteiger partial charge >= 0.3 is 5.97 Å². The van der Waals surface area contributed by atoms with Gasteiger partial charge in [-0.05, 0) is 19.1 Å². The molecule has 152 valence electrons. The highest BCUT2D eigenvalue weighted by molar-refractivity contribution is 5.98. The highest BCUT2D eigenvalue weighted by Gasteiger charge is 2.17. The van der Waals surface area contributed by atoms with Crippen LogP contribution in [0.2, 0.25) is 0 Å². The number of para-hydroxylation sites is 1. The zero-order valence-electron chi connectivity index (χ0n) is 15.8. The molecule has 1 aromatic carbocycles. The van der Waals surface area contributed by atoms with E-state index in [0.717, 1.165) is 10.9 Å². The third-order valence-electron chi connectivity index (χ3n) is 4.21. The van der Waals surface area contributed by atoms with Crippen LogP contribution in [0.3, 0.4) is 0 Å². The van der Waals surface area contributed by atoms with Crippen molar-refractivity contribution in [1.82, 2.24) is 25.8 Å².